The number of nitriles is 1. The van der Waals surface area contributed by atoms with Crippen LogP contribution in [0.1, 0.15) is 41.4 Å². The first kappa shape index (κ1) is 22.4. The molecular weight excluding hydrogens is 452 g/mol. The van der Waals surface area contributed by atoms with Crippen molar-refractivity contribution in [2.75, 3.05) is 7.11 Å². The molecule has 1 aromatic carbocycles. The fraction of sp³-hybridized carbons (Fsp3) is 0.240. The van der Waals surface area contributed by atoms with Crippen LogP contribution in [0.2, 0.25) is 0 Å². The molecule has 10 heteroatoms. The van der Waals surface area contributed by atoms with Crippen molar-refractivity contribution in [3.8, 4) is 17.6 Å². The summed E-state index contributed by atoms with van der Waals surface area (Å²) in [6, 6.07) is 9.53. The fourth-order valence-corrected chi connectivity index (χ4v) is 4.31. The molecule has 3 aromatic heterocycles. The summed E-state index contributed by atoms with van der Waals surface area (Å²) in [5.74, 6) is -0.723. The zero-order valence-corrected chi connectivity index (χ0v) is 19.1. The fourth-order valence-electron chi connectivity index (χ4n) is 4.31. The van der Waals surface area contributed by atoms with E-state index in [0.717, 1.165) is 23.5 Å². The van der Waals surface area contributed by atoms with E-state index in [1.54, 1.807) is 30.3 Å². The van der Waals surface area contributed by atoms with Gasteiger partial charge in [-0.25, -0.2) is 28.4 Å². The van der Waals surface area contributed by atoms with E-state index in [0.29, 0.717) is 48.2 Å². The summed E-state index contributed by atoms with van der Waals surface area (Å²) in [6.45, 7) is 2.48. The number of methoxy groups -OCH3 is 1. The second-order valence-electron chi connectivity index (χ2n) is 8.29. The van der Waals surface area contributed by atoms with Crippen LogP contribution in [0, 0.1) is 29.9 Å². The van der Waals surface area contributed by atoms with E-state index in [1.807, 2.05) is 29.8 Å². The van der Waals surface area contributed by atoms with Crippen molar-refractivity contribution >= 4 is 12.2 Å². The van der Waals surface area contributed by atoms with Crippen molar-refractivity contribution in [1.29, 1.82) is 5.26 Å². The summed E-state index contributed by atoms with van der Waals surface area (Å²) >= 11 is 0. The van der Waals surface area contributed by atoms with Gasteiger partial charge in [-0.2, -0.15) is 10.4 Å². The maximum Gasteiger partial charge on any atom is 0.238 e. The molecule has 35 heavy (non-hydrogen) atoms. The monoisotopic (exact) mass is 473 g/mol. The number of aromatic nitrogens is 6. The van der Waals surface area contributed by atoms with Crippen LogP contribution in [-0.4, -0.2) is 36.4 Å². The molecule has 1 aliphatic heterocycles. The number of pyridine rings is 1. The van der Waals surface area contributed by atoms with Crippen LogP contribution in [0.4, 0.5) is 8.78 Å². The van der Waals surface area contributed by atoms with Gasteiger partial charge in [0.25, 0.3) is 0 Å². The highest BCUT2D eigenvalue weighted by Gasteiger charge is 2.42. The second kappa shape index (κ2) is 8.76. The van der Waals surface area contributed by atoms with Crippen LogP contribution in [-0.2, 0) is 12.0 Å². The lowest BCUT2D eigenvalue weighted by atomic mass is 9.75. The van der Waals surface area contributed by atoms with Crippen molar-refractivity contribution in [2.24, 2.45) is 0 Å². The Bertz CT molecular complexity index is 1480. The van der Waals surface area contributed by atoms with E-state index in [4.69, 9.17) is 4.74 Å². The van der Waals surface area contributed by atoms with Crippen molar-refractivity contribution < 1.29 is 13.5 Å². The maximum absolute atomic E-state index is 14.0. The van der Waals surface area contributed by atoms with E-state index in [9.17, 15) is 14.0 Å². The molecule has 0 aliphatic carbocycles. The van der Waals surface area contributed by atoms with Crippen LogP contribution < -0.4 is 4.74 Å². The SMILES string of the molecule is COc1nc(/C=C/c2nc3n(n2)CCCC3(C#N)c2ccc(F)c(F)c2)ccc1-n1cnc(C)c1. The van der Waals surface area contributed by atoms with Crippen molar-refractivity contribution in [3.05, 3.63) is 83.1 Å². The number of benzene rings is 1. The molecule has 4 heterocycles. The minimum Gasteiger partial charge on any atom is -0.479 e. The van der Waals surface area contributed by atoms with Gasteiger partial charge >= 0.3 is 0 Å². The molecule has 0 fully saturated rings. The van der Waals surface area contributed by atoms with Gasteiger partial charge in [0.1, 0.15) is 11.1 Å². The Hall–Kier alpha value is -4.39. The van der Waals surface area contributed by atoms with Gasteiger partial charge in [-0.15, -0.1) is 0 Å². The Kier molecular flexibility index (Phi) is 5.61. The Morgan fingerprint density at radius 3 is 2.71 bits per heavy atom. The van der Waals surface area contributed by atoms with E-state index >= 15 is 0 Å². The van der Waals surface area contributed by atoms with E-state index in [2.05, 4.69) is 26.1 Å². The molecule has 176 valence electrons. The highest BCUT2D eigenvalue weighted by Crippen LogP contribution is 2.39. The lowest BCUT2D eigenvalue weighted by Gasteiger charge is -2.30. The Morgan fingerprint density at radius 2 is 2.00 bits per heavy atom. The number of rotatable bonds is 5. The average Bonchev–Trinajstić information content (AvgIpc) is 3.50. The van der Waals surface area contributed by atoms with Crippen LogP contribution in [0.25, 0.3) is 17.8 Å². The molecule has 1 atom stereocenters. The van der Waals surface area contributed by atoms with Crippen LogP contribution in [0.5, 0.6) is 5.88 Å². The number of aryl methyl sites for hydroxylation is 2. The van der Waals surface area contributed by atoms with E-state index in [1.165, 1.54) is 6.07 Å². The molecule has 0 radical (unpaired) electrons. The smallest absolute Gasteiger partial charge is 0.238 e. The molecule has 1 unspecified atom stereocenters. The van der Waals surface area contributed by atoms with Gasteiger partial charge in [0.05, 0.1) is 30.9 Å². The van der Waals surface area contributed by atoms with Crippen molar-refractivity contribution in [1.82, 2.24) is 29.3 Å². The summed E-state index contributed by atoms with van der Waals surface area (Å²) in [7, 11) is 1.55. The number of fused-ring (bicyclic) bond motifs is 1. The van der Waals surface area contributed by atoms with Crippen molar-refractivity contribution in [2.45, 2.75) is 31.7 Å². The number of hydrogen-bond acceptors (Lipinski definition) is 6. The maximum atomic E-state index is 14.0. The van der Waals surface area contributed by atoms with Gasteiger partial charge in [-0.3, -0.25) is 0 Å². The van der Waals surface area contributed by atoms with Gasteiger partial charge in [-0.1, -0.05) is 6.07 Å². The first-order chi connectivity index (χ1) is 16.9. The quantitative estimate of drug-likeness (QED) is 0.431. The molecule has 0 amide bonds. The summed E-state index contributed by atoms with van der Waals surface area (Å²) < 4.78 is 36.4. The molecule has 5 rings (SSSR count). The predicted molar refractivity (Wildman–Crippen MR) is 124 cm³/mol. The highest BCUT2D eigenvalue weighted by molar-refractivity contribution is 5.66. The molecular formula is C25H21F2N7O. The minimum absolute atomic E-state index is 0.361. The van der Waals surface area contributed by atoms with Crippen molar-refractivity contribution in [3.63, 3.8) is 0 Å². The summed E-state index contributed by atoms with van der Waals surface area (Å²) in [6.07, 6.45) is 8.10. The first-order valence-corrected chi connectivity index (χ1v) is 11.0. The van der Waals surface area contributed by atoms with Crippen LogP contribution in [0.15, 0.2) is 42.9 Å². The third kappa shape index (κ3) is 3.95. The summed E-state index contributed by atoms with van der Waals surface area (Å²) in [5.41, 5.74) is 1.41. The number of nitrogens with zero attached hydrogens (tertiary/aromatic N) is 7. The topological polar surface area (TPSA) is 94.4 Å². The van der Waals surface area contributed by atoms with Gasteiger partial charge in [-0.05, 0) is 61.7 Å². The van der Waals surface area contributed by atoms with Gasteiger partial charge in [0.15, 0.2) is 23.3 Å². The van der Waals surface area contributed by atoms with Gasteiger partial charge < -0.3 is 9.30 Å². The predicted octanol–water partition coefficient (Wildman–Crippen LogP) is 4.23. The number of imidazole rings is 1. The van der Waals surface area contributed by atoms with Crippen LogP contribution >= 0.6 is 0 Å². The standard InChI is InChI=1S/C25H21F2N7O/c1-16-13-33(15-29-16)21-8-5-18(30-23(21)35-2)6-9-22-31-24-25(14-28,10-3-11-34(24)32-22)17-4-7-19(26)20(27)12-17/h4-9,12-13,15H,3,10-11H2,1-2H3/b9-6+. The molecule has 0 saturated heterocycles. The molecule has 1 aliphatic rings. The molecule has 4 aromatic rings. The van der Waals surface area contributed by atoms with E-state index < -0.39 is 17.0 Å². The zero-order valence-electron chi connectivity index (χ0n) is 19.1. The zero-order chi connectivity index (χ0) is 24.6. The largest absolute Gasteiger partial charge is 0.479 e. The average molecular weight is 473 g/mol. The molecule has 8 nitrogen and oxygen atoms in total. The normalized spacial score (nSPS) is 17.3. The lowest BCUT2D eigenvalue weighted by molar-refractivity contribution is 0.390. The third-order valence-corrected chi connectivity index (χ3v) is 6.04. The minimum atomic E-state index is -1.21. The number of ether oxygens (including phenoxy) is 1. The number of hydrogen-bond donors (Lipinski definition) is 0. The summed E-state index contributed by atoms with van der Waals surface area (Å²) in [4.78, 5) is 13.4. The van der Waals surface area contributed by atoms with Gasteiger partial charge in [0.2, 0.25) is 5.88 Å². The Morgan fingerprint density at radius 1 is 1.14 bits per heavy atom. The lowest BCUT2D eigenvalue weighted by Crippen LogP contribution is -2.34. The Balaban J connectivity index is 1.47. The van der Waals surface area contributed by atoms with Crippen LogP contribution in [0.3, 0.4) is 0 Å². The van der Waals surface area contributed by atoms with Gasteiger partial charge in [0, 0.05) is 12.7 Å². The summed E-state index contributed by atoms with van der Waals surface area (Å²) in [5, 5.41) is 14.6. The molecule has 0 spiro atoms. The highest BCUT2D eigenvalue weighted by atomic mass is 19.2. The molecule has 0 bridgehead atoms. The van der Waals surface area contributed by atoms with E-state index in [-0.39, 0.29) is 0 Å². The molecule has 0 N–H and O–H groups in total. The third-order valence-electron chi connectivity index (χ3n) is 6.04. The number of halogens is 2. The molecule has 0 saturated carbocycles. The second-order valence-corrected chi connectivity index (χ2v) is 8.29. The Labute approximate surface area is 200 Å². The first-order valence-electron chi connectivity index (χ1n) is 11.0.